The summed E-state index contributed by atoms with van der Waals surface area (Å²) in [6, 6.07) is 7.24. The summed E-state index contributed by atoms with van der Waals surface area (Å²) in [5.74, 6) is -0.235. The predicted molar refractivity (Wildman–Crippen MR) is 109 cm³/mol. The summed E-state index contributed by atoms with van der Waals surface area (Å²) in [5.41, 5.74) is 1.03. The minimum atomic E-state index is -0.505. The first-order valence-electron chi connectivity index (χ1n) is 9.87. The Morgan fingerprint density at radius 3 is 2.34 bits per heavy atom. The van der Waals surface area contributed by atoms with Crippen LogP contribution >= 0.6 is 0 Å². The lowest BCUT2D eigenvalue weighted by Gasteiger charge is -2.48. The molecule has 0 radical (unpaired) electrons. The molecule has 7 nitrogen and oxygen atoms in total. The van der Waals surface area contributed by atoms with Gasteiger partial charge in [0, 0.05) is 43.7 Å². The molecule has 0 atom stereocenters. The van der Waals surface area contributed by atoms with Gasteiger partial charge in [0.1, 0.15) is 5.60 Å². The quantitative estimate of drug-likeness (QED) is 0.790. The molecule has 3 rings (SSSR count). The first-order valence-corrected chi connectivity index (χ1v) is 9.87. The van der Waals surface area contributed by atoms with Crippen molar-refractivity contribution in [1.29, 1.82) is 0 Å². The largest absolute Gasteiger partial charge is 0.444 e. The van der Waals surface area contributed by atoms with Crippen LogP contribution < -0.4 is 5.32 Å². The molecule has 156 valence electrons. The van der Waals surface area contributed by atoms with Crippen molar-refractivity contribution < 1.29 is 19.1 Å². The topological polar surface area (TPSA) is 79.0 Å². The molecule has 7 heteroatoms. The van der Waals surface area contributed by atoms with E-state index < -0.39 is 5.60 Å². The molecule has 1 spiro atoms. The zero-order valence-electron chi connectivity index (χ0n) is 17.4. The minimum absolute atomic E-state index is 0.00646. The second-order valence-electron chi connectivity index (χ2n) is 8.93. The fourth-order valence-electron chi connectivity index (χ4n) is 3.79. The molecule has 3 amide bonds. The SMILES string of the molecule is C=CC(=O)NCc1ccc(C(=O)N2CC3(CCN(C(=O)OC(C)(C)C)C3)C2)cc1. The Kier molecular flexibility index (Phi) is 5.68. The van der Waals surface area contributed by atoms with E-state index >= 15 is 0 Å². The van der Waals surface area contributed by atoms with Crippen molar-refractivity contribution in [3.8, 4) is 0 Å². The van der Waals surface area contributed by atoms with Gasteiger partial charge in [-0.2, -0.15) is 0 Å². The van der Waals surface area contributed by atoms with Crippen LogP contribution in [0.1, 0.15) is 43.1 Å². The Hall–Kier alpha value is -2.83. The van der Waals surface area contributed by atoms with Crippen molar-refractivity contribution in [3.63, 3.8) is 0 Å². The van der Waals surface area contributed by atoms with Crippen molar-refractivity contribution in [3.05, 3.63) is 48.0 Å². The standard InChI is InChI=1S/C22H29N3O4/c1-5-18(26)23-12-16-6-8-17(9-7-16)19(27)25-14-22(15-25)10-11-24(13-22)20(28)29-21(2,3)4/h5-9H,1,10-15H2,2-4H3,(H,23,26). The van der Waals surface area contributed by atoms with Crippen LogP contribution in [0.15, 0.2) is 36.9 Å². The monoisotopic (exact) mass is 399 g/mol. The number of likely N-dealkylation sites (tertiary alicyclic amines) is 2. The van der Waals surface area contributed by atoms with Crippen LogP contribution in [0.4, 0.5) is 4.79 Å². The molecule has 0 aliphatic carbocycles. The van der Waals surface area contributed by atoms with Crippen LogP contribution in [0.25, 0.3) is 0 Å². The number of nitrogens with one attached hydrogen (secondary N) is 1. The Balaban J connectivity index is 1.50. The highest BCUT2D eigenvalue weighted by Crippen LogP contribution is 2.40. The summed E-state index contributed by atoms with van der Waals surface area (Å²) in [4.78, 5) is 39.8. The van der Waals surface area contributed by atoms with E-state index in [2.05, 4.69) is 11.9 Å². The van der Waals surface area contributed by atoms with Gasteiger partial charge in [-0.05, 0) is 51.0 Å². The van der Waals surface area contributed by atoms with Gasteiger partial charge in [0.2, 0.25) is 5.91 Å². The third-order valence-electron chi connectivity index (χ3n) is 5.28. The molecule has 0 bridgehead atoms. The number of rotatable bonds is 4. The summed E-state index contributed by atoms with van der Waals surface area (Å²) in [6.07, 6.45) is 1.83. The molecule has 0 aromatic heterocycles. The van der Waals surface area contributed by atoms with E-state index in [4.69, 9.17) is 4.74 Å². The molecule has 29 heavy (non-hydrogen) atoms. The summed E-state index contributed by atoms with van der Waals surface area (Å²) in [7, 11) is 0. The first-order chi connectivity index (χ1) is 13.6. The number of hydrogen-bond acceptors (Lipinski definition) is 4. The van der Waals surface area contributed by atoms with Gasteiger partial charge in [0.25, 0.3) is 5.91 Å². The van der Waals surface area contributed by atoms with E-state index in [9.17, 15) is 14.4 Å². The number of carbonyl (C=O) groups is 3. The Morgan fingerprint density at radius 1 is 1.14 bits per heavy atom. The molecule has 2 fully saturated rings. The van der Waals surface area contributed by atoms with Crippen molar-refractivity contribution in [2.75, 3.05) is 26.2 Å². The summed E-state index contributed by atoms with van der Waals surface area (Å²) in [5, 5.41) is 2.71. The lowest BCUT2D eigenvalue weighted by Crippen LogP contribution is -2.59. The van der Waals surface area contributed by atoms with E-state index in [1.165, 1.54) is 6.08 Å². The third kappa shape index (κ3) is 4.96. The van der Waals surface area contributed by atoms with E-state index in [1.807, 2.05) is 37.8 Å². The van der Waals surface area contributed by atoms with E-state index in [1.54, 1.807) is 17.0 Å². The van der Waals surface area contributed by atoms with Crippen molar-refractivity contribution in [1.82, 2.24) is 15.1 Å². The summed E-state index contributed by atoms with van der Waals surface area (Å²) < 4.78 is 5.45. The van der Waals surface area contributed by atoms with Crippen molar-refractivity contribution in [2.45, 2.75) is 39.3 Å². The lowest BCUT2D eigenvalue weighted by molar-refractivity contribution is -0.116. The number of hydrogen-bond donors (Lipinski definition) is 1. The number of carbonyl (C=O) groups excluding carboxylic acids is 3. The van der Waals surface area contributed by atoms with E-state index in [-0.39, 0.29) is 23.3 Å². The molecule has 2 aliphatic heterocycles. The molecule has 1 N–H and O–H groups in total. The summed E-state index contributed by atoms with van der Waals surface area (Å²) in [6.45, 7) is 12.0. The van der Waals surface area contributed by atoms with Crippen LogP contribution in [0.2, 0.25) is 0 Å². The normalized spacial score (nSPS) is 17.6. The van der Waals surface area contributed by atoms with Gasteiger partial charge in [-0.25, -0.2) is 4.79 Å². The molecule has 0 unspecified atom stereocenters. The average Bonchev–Trinajstić information content (AvgIpc) is 3.09. The van der Waals surface area contributed by atoms with Gasteiger partial charge in [-0.15, -0.1) is 0 Å². The van der Waals surface area contributed by atoms with Gasteiger partial charge < -0.3 is 19.9 Å². The average molecular weight is 399 g/mol. The Morgan fingerprint density at radius 2 is 1.76 bits per heavy atom. The third-order valence-corrected chi connectivity index (χ3v) is 5.28. The lowest BCUT2D eigenvalue weighted by atomic mass is 9.78. The molecule has 0 saturated carbocycles. The predicted octanol–water partition coefficient (Wildman–Crippen LogP) is 2.57. The van der Waals surface area contributed by atoms with Gasteiger partial charge in [0.15, 0.2) is 0 Å². The molecule has 2 aliphatic rings. The smallest absolute Gasteiger partial charge is 0.410 e. The Bertz CT molecular complexity index is 804. The van der Waals surface area contributed by atoms with Gasteiger partial charge >= 0.3 is 6.09 Å². The minimum Gasteiger partial charge on any atom is -0.444 e. The maximum atomic E-state index is 12.7. The van der Waals surface area contributed by atoms with Crippen LogP contribution in [0.3, 0.4) is 0 Å². The highest BCUT2D eigenvalue weighted by molar-refractivity contribution is 5.95. The zero-order chi connectivity index (χ0) is 21.2. The number of amides is 3. The van der Waals surface area contributed by atoms with Crippen molar-refractivity contribution >= 4 is 17.9 Å². The molecule has 2 heterocycles. The molecule has 2 saturated heterocycles. The molecular weight excluding hydrogens is 370 g/mol. The second-order valence-corrected chi connectivity index (χ2v) is 8.93. The van der Waals surface area contributed by atoms with E-state index in [0.29, 0.717) is 38.3 Å². The van der Waals surface area contributed by atoms with Crippen LogP contribution in [-0.2, 0) is 16.1 Å². The molecule has 1 aromatic carbocycles. The zero-order valence-corrected chi connectivity index (χ0v) is 17.4. The molecular formula is C22H29N3O4. The highest BCUT2D eigenvalue weighted by atomic mass is 16.6. The Labute approximate surface area is 171 Å². The fourth-order valence-corrected chi connectivity index (χ4v) is 3.79. The number of ether oxygens (including phenoxy) is 1. The van der Waals surface area contributed by atoms with Crippen molar-refractivity contribution in [2.24, 2.45) is 5.41 Å². The maximum Gasteiger partial charge on any atom is 0.410 e. The first kappa shape index (κ1) is 20.9. The van der Waals surface area contributed by atoms with Gasteiger partial charge in [0.05, 0.1) is 0 Å². The number of benzene rings is 1. The van der Waals surface area contributed by atoms with Gasteiger partial charge in [-0.3, -0.25) is 9.59 Å². The van der Waals surface area contributed by atoms with Crippen LogP contribution in [0.5, 0.6) is 0 Å². The van der Waals surface area contributed by atoms with Crippen LogP contribution in [0, 0.1) is 5.41 Å². The highest BCUT2D eigenvalue weighted by Gasteiger charge is 2.50. The summed E-state index contributed by atoms with van der Waals surface area (Å²) >= 11 is 0. The second kappa shape index (κ2) is 7.89. The van der Waals surface area contributed by atoms with Gasteiger partial charge in [-0.1, -0.05) is 18.7 Å². The number of nitrogens with zero attached hydrogens (tertiary/aromatic N) is 2. The van der Waals surface area contributed by atoms with E-state index in [0.717, 1.165) is 12.0 Å². The fraction of sp³-hybridized carbons (Fsp3) is 0.500. The molecule has 1 aromatic rings. The maximum absolute atomic E-state index is 12.7. The van der Waals surface area contributed by atoms with Crippen LogP contribution in [-0.4, -0.2) is 59.5 Å².